The number of benzene rings is 1. The first-order valence-electron chi connectivity index (χ1n) is 5.87. The minimum atomic E-state index is -0.00281. The molecule has 0 aromatic heterocycles. The highest BCUT2D eigenvalue weighted by atomic mass is 35.5. The molecule has 0 radical (unpaired) electrons. The lowest BCUT2D eigenvalue weighted by Crippen LogP contribution is -2.30. The van der Waals surface area contributed by atoms with Crippen LogP contribution < -0.4 is 5.32 Å². The standard InChI is InChI=1S/C14H20ClNO/c1-9-5-11(3)13(12(4)6-9)14(17)16-8-10(2)7-15/h5-6,10H,7-8H2,1-4H3,(H,16,17). The third-order valence-corrected chi connectivity index (χ3v) is 3.31. The number of hydrogen-bond acceptors (Lipinski definition) is 1. The lowest BCUT2D eigenvalue weighted by molar-refractivity contribution is 0.0948. The average molecular weight is 254 g/mol. The number of alkyl halides is 1. The molecule has 0 saturated carbocycles. The maximum atomic E-state index is 12.1. The molecule has 17 heavy (non-hydrogen) atoms. The molecular formula is C14H20ClNO. The molecule has 0 saturated heterocycles. The van der Waals surface area contributed by atoms with Crippen molar-refractivity contribution < 1.29 is 4.79 Å². The van der Waals surface area contributed by atoms with E-state index in [1.54, 1.807) is 0 Å². The third kappa shape index (κ3) is 3.74. The molecule has 0 fully saturated rings. The zero-order valence-corrected chi connectivity index (χ0v) is 11.7. The molecule has 1 aromatic rings. The quantitative estimate of drug-likeness (QED) is 0.821. The first-order valence-corrected chi connectivity index (χ1v) is 6.41. The minimum absolute atomic E-state index is 0.00281. The SMILES string of the molecule is Cc1cc(C)c(C(=O)NCC(C)CCl)c(C)c1. The maximum absolute atomic E-state index is 12.1. The van der Waals surface area contributed by atoms with Gasteiger partial charge in [-0.25, -0.2) is 0 Å². The van der Waals surface area contributed by atoms with Gasteiger partial charge in [-0.1, -0.05) is 24.6 Å². The van der Waals surface area contributed by atoms with Gasteiger partial charge in [-0.2, -0.15) is 0 Å². The van der Waals surface area contributed by atoms with Gasteiger partial charge >= 0.3 is 0 Å². The van der Waals surface area contributed by atoms with Crippen molar-refractivity contribution in [3.8, 4) is 0 Å². The maximum Gasteiger partial charge on any atom is 0.251 e. The van der Waals surface area contributed by atoms with Crippen molar-refractivity contribution in [2.24, 2.45) is 5.92 Å². The van der Waals surface area contributed by atoms with Gasteiger partial charge in [0.15, 0.2) is 0 Å². The van der Waals surface area contributed by atoms with Gasteiger partial charge in [0.05, 0.1) is 0 Å². The summed E-state index contributed by atoms with van der Waals surface area (Å²) in [7, 11) is 0. The van der Waals surface area contributed by atoms with Crippen molar-refractivity contribution in [1.29, 1.82) is 0 Å². The van der Waals surface area contributed by atoms with E-state index in [0.717, 1.165) is 16.7 Å². The van der Waals surface area contributed by atoms with Crippen LogP contribution in [0.4, 0.5) is 0 Å². The van der Waals surface area contributed by atoms with Gasteiger partial charge in [0.1, 0.15) is 0 Å². The fourth-order valence-electron chi connectivity index (χ4n) is 1.95. The van der Waals surface area contributed by atoms with Crippen LogP contribution >= 0.6 is 11.6 Å². The van der Waals surface area contributed by atoms with Gasteiger partial charge in [0.2, 0.25) is 0 Å². The first kappa shape index (κ1) is 14.0. The van der Waals surface area contributed by atoms with Crippen molar-refractivity contribution in [3.63, 3.8) is 0 Å². The summed E-state index contributed by atoms with van der Waals surface area (Å²) in [5, 5.41) is 2.93. The summed E-state index contributed by atoms with van der Waals surface area (Å²) in [6.45, 7) is 8.62. The number of nitrogens with one attached hydrogen (secondary N) is 1. The summed E-state index contributed by atoms with van der Waals surface area (Å²) >= 11 is 5.71. The number of rotatable bonds is 4. The molecule has 3 heteroatoms. The number of hydrogen-bond donors (Lipinski definition) is 1. The number of aryl methyl sites for hydroxylation is 3. The molecule has 1 rings (SSSR count). The summed E-state index contributed by atoms with van der Waals surface area (Å²) in [6.07, 6.45) is 0. The van der Waals surface area contributed by atoms with E-state index in [0.29, 0.717) is 18.3 Å². The minimum Gasteiger partial charge on any atom is -0.352 e. The van der Waals surface area contributed by atoms with E-state index in [4.69, 9.17) is 11.6 Å². The lowest BCUT2D eigenvalue weighted by Gasteiger charge is -2.13. The highest BCUT2D eigenvalue weighted by Crippen LogP contribution is 2.16. The van der Waals surface area contributed by atoms with Gasteiger partial charge in [0.25, 0.3) is 5.91 Å². The van der Waals surface area contributed by atoms with E-state index < -0.39 is 0 Å². The Kier molecular flexibility index (Phi) is 5.01. The third-order valence-electron chi connectivity index (χ3n) is 2.78. The smallest absolute Gasteiger partial charge is 0.251 e. The Morgan fingerprint density at radius 3 is 2.29 bits per heavy atom. The topological polar surface area (TPSA) is 29.1 Å². The normalized spacial score (nSPS) is 12.3. The summed E-state index contributed by atoms with van der Waals surface area (Å²) in [5.41, 5.74) is 4.03. The summed E-state index contributed by atoms with van der Waals surface area (Å²) in [5.74, 6) is 0.857. The molecular weight excluding hydrogens is 234 g/mol. The van der Waals surface area contributed by atoms with Crippen LogP contribution in [-0.4, -0.2) is 18.3 Å². The predicted molar refractivity (Wildman–Crippen MR) is 72.9 cm³/mol. The van der Waals surface area contributed by atoms with Crippen LogP contribution in [-0.2, 0) is 0 Å². The molecule has 0 heterocycles. The van der Waals surface area contributed by atoms with Crippen LogP contribution in [0.2, 0.25) is 0 Å². The van der Waals surface area contributed by atoms with Crippen molar-refractivity contribution in [2.45, 2.75) is 27.7 Å². The van der Waals surface area contributed by atoms with E-state index in [-0.39, 0.29) is 5.91 Å². The van der Waals surface area contributed by atoms with E-state index in [1.165, 1.54) is 5.56 Å². The average Bonchev–Trinajstić information content (AvgIpc) is 2.24. The van der Waals surface area contributed by atoms with Gasteiger partial charge in [-0.15, -0.1) is 11.6 Å². The fourth-order valence-corrected chi connectivity index (χ4v) is 2.06. The van der Waals surface area contributed by atoms with E-state index in [2.05, 4.69) is 5.32 Å². The molecule has 0 aliphatic rings. The molecule has 2 nitrogen and oxygen atoms in total. The molecule has 0 spiro atoms. The molecule has 1 atom stereocenters. The molecule has 94 valence electrons. The largest absolute Gasteiger partial charge is 0.352 e. The zero-order chi connectivity index (χ0) is 13.0. The highest BCUT2D eigenvalue weighted by molar-refractivity contribution is 6.18. The zero-order valence-electron chi connectivity index (χ0n) is 10.9. The van der Waals surface area contributed by atoms with Crippen molar-refractivity contribution >= 4 is 17.5 Å². The second-order valence-electron chi connectivity index (χ2n) is 4.74. The second-order valence-corrected chi connectivity index (χ2v) is 5.05. The first-order chi connectivity index (χ1) is 7.95. The Hall–Kier alpha value is -1.02. The molecule has 1 unspecified atom stereocenters. The molecule has 0 bridgehead atoms. The molecule has 0 aliphatic heterocycles. The van der Waals surface area contributed by atoms with Gasteiger partial charge in [0, 0.05) is 18.0 Å². The van der Waals surface area contributed by atoms with Crippen LogP contribution in [0.15, 0.2) is 12.1 Å². The Labute approximate surface area is 108 Å². The molecule has 1 N–H and O–H groups in total. The number of carbonyl (C=O) groups is 1. The summed E-state index contributed by atoms with van der Waals surface area (Å²) in [4.78, 5) is 12.1. The second kappa shape index (κ2) is 6.06. The Bertz CT molecular complexity index is 392. The van der Waals surface area contributed by atoms with Crippen LogP contribution in [0.3, 0.4) is 0 Å². The molecule has 1 amide bonds. The van der Waals surface area contributed by atoms with Crippen molar-refractivity contribution in [2.75, 3.05) is 12.4 Å². The summed E-state index contributed by atoms with van der Waals surface area (Å²) in [6, 6.07) is 4.07. The Morgan fingerprint density at radius 1 is 1.29 bits per heavy atom. The number of halogens is 1. The lowest BCUT2D eigenvalue weighted by atomic mass is 9.99. The summed E-state index contributed by atoms with van der Waals surface area (Å²) < 4.78 is 0. The van der Waals surface area contributed by atoms with Gasteiger partial charge in [-0.3, -0.25) is 4.79 Å². The van der Waals surface area contributed by atoms with Crippen molar-refractivity contribution in [3.05, 3.63) is 34.4 Å². The van der Waals surface area contributed by atoms with Crippen LogP contribution in [0, 0.1) is 26.7 Å². The monoisotopic (exact) mass is 253 g/mol. The van der Waals surface area contributed by atoms with Crippen molar-refractivity contribution in [1.82, 2.24) is 5.32 Å². The van der Waals surface area contributed by atoms with Crippen LogP contribution in [0.25, 0.3) is 0 Å². The number of carbonyl (C=O) groups excluding carboxylic acids is 1. The fraction of sp³-hybridized carbons (Fsp3) is 0.500. The Morgan fingerprint density at radius 2 is 1.82 bits per heavy atom. The van der Waals surface area contributed by atoms with Gasteiger partial charge in [-0.05, 0) is 37.8 Å². The van der Waals surface area contributed by atoms with E-state index in [1.807, 2.05) is 39.8 Å². The van der Waals surface area contributed by atoms with E-state index >= 15 is 0 Å². The van der Waals surface area contributed by atoms with Crippen LogP contribution in [0.1, 0.15) is 34.0 Å². The van der Waals surface area contributed by atoms with Crippen LogP contribution in [0.5, 0.6) is 0 Å². The Balaban J connectivity index is 2.82. The van der Waals surface area contributed by atoms with Gasteiger partial charge < -0.3 is 5.32 Å². The molecule has 1 aromatic carbocycles. The van der Waals surface area contributed by atoms with E-state index in [9.17, 15) is 4.79 Å². The number of amides is 1. The molecule has 0 aliphatic carbocycles. The highest BCUT2D eigenvalue weighted by Gasteiger charge is 2.13. The predicted octanol–water partition coefficient (Wildman–Crippen LogP) is 3.22.